The molecule has 0 radical (unpaired) electrons. The van der Waals surface area contributed by atoms with Crippen LogP contribution in [0.2, 0.25) is 0 Å². The van der Waals surface area contributed by atoms with Crippen molar-refractivity contribution in [2.45, 2.75) is 47.0 Å². The molecule has 1 N–H and O–H groups in total. The Morgan fingerprint density at radius 3 is 2.56 bits per heavy atom. The van der Waals surface area contributed by atoms with Crippen LogP contribution in [0.3, 0.4) is 0 Å². The molecule has 1 aromatic carbocycles. The molecular formula is C16H26FN. The summed E-state index contributed by atoms with van der Waals surface area (Å²) in [5.41, 5.74) is 2.57. The summed E-state index contributed by atoms with van der Waals surface area (Å²) in [5.74, 6) is -0.140. The van der Waals surface area contributed by atoms with E-state index >= 15 is 0 Å². The minimum absolute atomic E-state index is 0.140. The molecule has 0 heterocycles. The van der Waals surface area contributed by atoms with Crippen LogP contribution in [-0.4, -0.2) is 13.1 Å². The van der Waals surface area contributed by atoms with Crippen LogP contribution in [0.1, 0.15) is 44.7 Å². The molecule has 0 aliphatic carbocycles. The molecular weight excluding hydrogens is 225 g/mol. The number of aryl methyl sites for hydroxylation is 1. The highest BCUT2D eigenvalue weighted by Crippen LogP contribution is 2.27. The Bertz CT molecular complexity index is 371. The van der Waals surface area contributed by atoms with Gasteiger partial charge in [0, 0.05) is 0 Å². The van der Waals surface area contributed by atoms with Gasteiger partial charge in [-0.3, -0.25) is 0 Å². The first kappa shape index (κ1) is 15.2. The molecule has 1 nitrogen and oxygen atoms in total. The maximum Gasteiger partial charge on any atom is 0.123 e. The lowest BCUT2D eigenvalue weighted by atomic mass is 9.81. The standard InChI is InChI=1S/C16H26FN/c1-5-9-18-10-8-16(3,4)12-14-6-7-15(17)11-13(14)2/h6-7,11,18H,5,8-10,12H2,1-4H3. The summed E-state index contributed by atoms with van der Waals surface area (Å²) in [4.78, 5) is 0. The van der Waals surface area contributed by atoms with Crippen LogP contribution in [0.5, 0.6) is 0 Å². The number of benzene rings is 1. The van der Waals surface area contributed by atoms with Crippen molar-refractivity contribution < 1.29 is 4.39 Å². The molecule has 0 saturated carbocycles. The number of rotatable bonds is 7. The van der Waals surface area contributed by atoms with Gasteiger partial charge in [-0.2, -0.15) is 0 Å². The average molecular weight is 251 g/mol. The summed E-state index contributed by atoms with van der Waals surface area (Å²) >= 11 is 0. The van der Waals surface area contributed by atoms with Gasteiger partial charge in [-0.1, -0.05) is 26.8 Å². The molecule has 0 spiro atoms. The molecule has 0 fully saturated rings. The minimum Gasteiger partial charge on any atom is -0.317 e. The molecule has 102 valence electrons. The Morgan fingerprint density at radius 1 is 1.22 bits per heavy atom. The Morgan fingerprint density at radius 2 is 1.94 bits per heavy atom. The maximum atomic E-state index is 13.1. The van der Waals surface area contributed by atoms with Gasteiger partial charge in [0.05, 0.1) is 0 Å². The first-order valence-corrected chi connectivity index (χ1v) is 6.90. The fourth-order valence-electron chi connectivity index (χ4n) is 2.19. The van der Waals surface area contributed by atoms with E-state index in [-0.39, 0.29) is 11.2 Å². The lowest BCUT2D eigenvalue weighted by Crippen LogP contribution is -2.24. The number of hydrogen-bond donors (Lipinski definition) is 1. The van der Waals surface area contributed by atoms with E-state index in [4.69, 9.17) is 0 Å². The van der Waals surface area contributed by atoms with Crippen LogP contribution in [0.4, 0.5) is 4.39 Å². The summed E-state index contributed by atoms with van der Waals surface area (Å²) in [5, 5.41) is 3.44. The van der Waals surface area contributed by atoms with Gasteiger partial charge in [-0.05, 0) is 68.0 Å². The smallest absolute Gasteiger partial charge is 0.123 e. The fraction of sp³-hybridized carbons (Fsp3) is 0.625. The fourth-order valence-corrected chi connectivity index (χ4v) is 2.19. The second kappa shape index (κ2) is 6.89. The van der Waals surface area contributed by atoms with E-state index in [1.807, 2.05) is 13.0 Å². The molecule has 0 unspecified atom stereocenters. The minimum atomic E-state index is -0.140. The second-order valence-corrected chi connectivity index (χ2v) is 5.91. The SMILES string of the molecule is CCCNCCC(C)(C)Cc1ccc(F)cc1C. The predicted molar refractivity (Wildman–Crippen MR) is 76.4 cm³/mol. The zero-order valence-corrected chi connectivity index (χ0v) is 12.1. The van der Waals surface area contributed by atoms with E-state index in [0.717, 1.165) is 31.5 Å². The van der Waals surface area contributed by atoms with E-state index < -0.39 is 0 Å². The molecule has 1 aromatic rings. The van der Waals surface area contributed by atoms with Crippen molar-refractivity contribution in [3.8, 4) is 0 Å². The van der Waals surface area contributed by atoms with Crippen LogP contribution in [-0.2, 0) is 6.42 Å². The highest BCUT2D eigenvalue weighted by atomic mass is 19.1. The molecule has 18 heavy (non-hydrogen) atoms. The molecule has 0 atom stereocenters. The normalized spacial score (nSPS) is 11.8. The Kier molecular flexibility index (Phi) is 5.80. The molecule has 0 amide bonds. The zero-order valence-electron chi connectivity index (χ0n) is 12.1. The van der Waals surface area contributed by atoms with Gasteiger partial charge in [0.1, 0.15) is 5.82 Å². The van der Waals surface area contributed by atoms with E-state index in [2.05, 4.69) is 26.1 Å². The van der Waals surface area contributed by atoms with Crippen LogP contribution >= 0.6 is 0 Å². The van der Waals surface area contributed by atoms with Gasteiger partial charge >= 0.3 is 0 Å². The average Bonchev–Trinajstić information content (AvgIpc) is 2.28. The van der Waals surface area contributed by atoms with Crippen molar-refractivity contribution in [3.63, 3.8) is 0 Å². The van der Waals surface area contributed by atoms with Crippen LogP contribution < -0.4 is 5.32 Å². The van der Waals surface area contributed by atoms with Gasteiger partial charge in [0.2, 0.25) is 0 Å². The van der Waals surface area contributed by atoms with E-state index in [1.165, 1.54) is 12.0 Å². The molecule has 0 bridgehead atoms. The Labute approximate surface area is 111 Å². The van der Waals surface area contributed by atoms with Crippen molar-refractivity contribution >= 4 is 0 Å². The summed E-state index contributed by atoms with van der Waals surface area (Å²) in [6.07, 6.45) is 3.33. The first-order valence-electron chi connectivity index (χ1n) is 6.90. The van der Waals surface area contributed by atoms with Crippen molar-refractivity contribution in [2.75, 3.05) is 13.1 Å². The third-order valence-corrected chi connectivity index (χ3v) is 3.38. The first-order chi connectivity index (χ1) is 8.44. The Hall–Kier alpha value is -0.890. The van der Waals surface area contributed by atoms with E-state index in [0.29, 0.717) is 0 Å². The molecule has 0 aliphatic heterocycles. The summed E-state index contributed by atoms with van der Waals surface area (Å²) in [7, 11) is 0. The number of hydrogen-bond acceptors (Lipinski definition) is 1. The quantitative estimate of drug-likeness (QED) is 0.720. The van der Waals surface area contributed by atoms with E-state index in [9.17, 15) is 4.39 Å². The van der Waals surface area contributed by atoms with Gasteiger partial charge in [0.25, 0.3) is 0 Å². The van der Waals surface area contributed by atoms with Gasteiger partial charge in [0.15, 0.2) is 0 Å². The highest BCUT2D eigenvalue weighted by molar-refractivity contribution is 5.27. The summed E-state index contributed by atoms with van der Waals surface area (Å²) in [6, 6.07) is 5.11. The van der Waals surface area contributed by atoms with Gasteiger partial charge in [-0.15, -0.1) is 0 Å². The molecule has 0 saturated heterocycles. The third-order valence-electron chi connectivity index (χ3n) is 3.38. The largest absolute Gasteiger partial charge is 0.317 e. The zero-order chi connectivity index (χ0) is 13.6. The topological polar surface area (TPSA) is 12.0 Å². The third kappa shape index (κ3) is 5.18. The monoisotopic (exact) mass is 251 g/mol. The second-order valence-electron chi connectivity index (χ2n) is 5.91. The maximum absolute atomic E-state index is 13.1. The van der Waals surface area contributed by atoms with Gasteiger partial charge in [-0.25, -0.2) is 4.39 Å². The Balaban J connectivity index is 2.53. The number of halogens is 1. The van der Waals surface area contributed by atoms with Crippen LogP contribution in [0, 0.1) is 18.2 Å². The molecule has 1 rings (SSSR count). The van der Waals surface area contributed by atoms with Gasteiger partial charge < -0.3 is 5.32 Å². The van der Waals surface area contributed by atoms with Crippen LogP contribution in [0.25, 0.3) is 0 Å². The lowest BCUT2D eigenvalue weighted by molar-refractivity contribution is 0.325. The number of nitrogens with one attached hydrogen (secondary N) is 1. The molecule has 2 heteroatoms. The molecule has 0 aliphatic rings. The van der Waals surface area contributed by atoms with Crippen molar-refractivity contribution in [1.82, 2.24) is 5.32 Å². The van der Waals surface area contributed by atoms with E-state index in [1.54, 1.807) is 12.1 Å². The lowest BCUT2D eigenvalue weighted by Gasteiger charge is -2.26. The van der Waals surface area contributed by atoms with Crippen LogP contribution in [0.15, 0.2) is 18.2 Å². The van der Waals surface area contributed by atoms with Crippen molar-refractivity contribution in [3.05, 3.63) is 35.1 Å². The summed E-state index contributed by atoms with van der Waals surface area (Å²) in [6.45, 7) is 10.9. The summed E-state index contributed by atoms with van der Waals surface area (Å²) < 4.78 is 13.1. The van der Waals surface area contributed by atoms with Crippen molar-refractivity contribution in [2.24, 2.45) is 5.41 Å². The highest BCUT2D eigenvalue weighted by Gasteiger charge is 2.19. The predicted octanol–water partition coefficient (Wildman–Crippen LogP) is 4.09. The van der Waals surface area contributed by atoms with Crippen molar-refractivity contribution in [1.29, 1.82) is 0 Å². The molecule has 0 aromatic heterocycles.